The summed E-state index contributed by atoms with van der Waals surface area (Å²) in [7, 11) is 0.844. The molecule has 5 atom stereocenters. The lowest BCUT2D eigenvalue weighted by molar-refractivity contribution is -0.235. The van der Waals surface area contributed by atoms with E-state index in [9.17, 15) is 46.5 Å². The normalized spacial score (nSPS) is 23.8. The second kappa shape index (κ2) is 10.1. The third-order valence-electron chi connectivity index (χ3n) is 5.93. The first-order valence-electron chi connectivity index (χ1n) is 10.6. The Balaban J connectivity index is 1.69. The van der Waals surface area contributed by atoms with Gasteiger partial charge in [0.1, 0.15) is 41.4 Å². The minimum Gasteiger partial charge on any atom is -0.394 e. The molecular weight excluding hydrogens is 514 g/mol. The minimum atomic E-state index is -2.47. The Kier molecular flexibility index (Phi) is 7.23. The number of carbonyl (C=O) groups is 1. The van der Waals surface area contributed by atoms with Crippen LogP contribution in [0.25, 0.3) is 11.3 Å². The van der Waals surface area contributed by atoms with Crippen molar-refractivity contribution in [3.63, 3.8) is 0 Å². The van der Waals surface area contributed by atoms with Crippen LogP contribution in [0.15, 0.2) is 30.5 Å². The molecule has 3 N–H and O–H groups in total. The predicted molar refractivity (Wildman–Crippen MR) is 111 cm³/mol. The molecular formula is C22H18F6N4O5. The molecule has 37 heavy (non-hydrogen) atoms. The van der Waals surface area contributed by atoms with Gasteiger partial charge in [0.15, 0.2) is 29.5 Å². The van der Waals surface area contributed by atoms with Crippen molar-refractivity contribution in [1.29, 1.82) is 0 Å². The lowest BCUT2D eigenvalue weighted by atomic mass is 9.94. The van der Waals surface area contributed by atoms with Gasteiger partial charge in [-0.15, -0.1) is 5.10 Å². The molecule has 1 amide bonds. The van der Waals surface area contributed by atoms with Crippen LogP contribution >= 0.6 is 0 Å². The summed E-state index contributed by atoms with van der Waals surface area (Å²) in [5, 5.41) is 38.9. The van der Waals surface area contributed by atoms with E-state index < -0.39 is 83.6 Å². The third kappa shape index (κ3) is 4.54. The van der Waals surface area contributed by atoms with Crippen molar-refractivity contribution in [1.82, 2.24) is 19.9 Å². The van der Waals surface area contributed by atoms with E-state index in [-0.39, 0.29) is 11.3 Å². The van der Waals surface area contributed by atoms with Gasteiger partial charge in [-0.3, -0.25) is 4.79 Å². The molecule has 2 heterocycles. The number of hydrogen-bond donors (Lipinski definition) is 3. The Hall–Kier alpha value is -3.53. The topological polar surface area (TPSA) is 121 Å². The van der Waals surface area contributed by atoms with E-state index in [1.54, 1.807) is 0 Å². The molecule has 15 heteroatoms. The fourth-order valence-corrected chi connectivity index (χ4v) is 4.00. The quantitative estimate of drug-likeness (QED) is 0.259. The summed E-state index contributed by atoms with van der Waals surface area (Å²) in [6, 6.07) is 3.75. The molecule has 0 saturated carbocycles. The van der Waals surface area contributed by atoms with Gasteiger partial charge >= 0.3 is 0 Å². The van der Waals surface area contributed by atoms with E-state index in [1.165, 1.54) is 24.4 Å². The first kappa shape index (κ1) is 26.5. The molecule has 9 nitrogen and oxygen atoms in total. The first-order chi connectivity index (χ1) is 17.5. The number of likely N-dealkylation sites (N-methyl/N-ethyl adjacent to an activating group) is 1. The molecule has 2 aromatic carbocycles. The number of carbonyl (C=O) groups excluding carboxylic acids is 1. The maximum atomic E-state index is 14.2. The van der Waals surface area contributed by atoms with Crippen LogP contribution in [0.3, 0.4) is 0 Å². The molecule has 1 aromatic heterocycles. The number of rotatable bonds is 5. The van der Waals surface area contributed by atoms with E-state index >= 15 is 0 Å². The second-order valence-electron chi connectivity index (χ2n) is 8.17. The van der Waals surface area contributed by atoms with Gasteiger partial charge in [0.25, 0.3) is 5.91 Å². The molecule has 1 fully saturated rings. The Morgan fingerprint density at radius 2 is 1.65 bits per heavy atom. The number of aliphatic hydroxyl groups excluding tert-OH is 3. The van der Waals surface area contributed by atoms with E-state index in [0.717, 1.165) is 17.8 Å². The average molecular weight is 532 g/mol. The zero-order valence-electron chi connectivity index (χ0n) is 18.7. The zero-order chi connectivity index (χ0) is 27.2. The van der Waals surface area contributed by atoms with Crippen LogP contribution in [-0.2, 0) is 4.74 Å². The molecule has 0 radical (unpaired) electrons. The van der Waals surface area contributed by atoms with Gasteiger partial charge in [0, 0.05) is 12.6 Å². The lowest BCUT2D eigenvalue weighted by Gasteiger charge is -2.45. The number of nitrogens with zero attached hydrogens (tertiary/aromatic N) is 4. The van der Waals surface area contributed by atoms with Crippen LogP contribution in [0.4, 0.5) is 26.3 Å². The van der Waals surface area contributed by atoms with Crippen molar-refractivity contribution in [2.75, 3.05) is 13.7 Å². The molecule has 1 aliphatic heterocycles. The van der Waals surface area contributed by atoms with Gasteiger partial charge < -0.3 is 25.0 Å². The van der Waals surface area contributed by atoms with E-state index in [0.29, 0.717) is 4.90 Å². The molecule has 0 unspecified atom stereocenters. The molecule has 0 spiro atoms. The highest BCUT2D eigenvalue weighted by Gasteiger charge is 2.49. The Labute approximate surface area is 204 Å². The molecule has 0 aliphatic carbocycles. The number of ether oxygens (including phenoxy) is 1. The maximum absolute atomic E-state index is 14.2. The molecule has 3 aromatic rings. The summed E-state index contributed by atoms with van der Waals surface area (Å²) < 4.78 is 89.0. The summed E-state index contributed by atoms with van der Waals surface area (Å²) in [4.78, 5) is 13.1. The Morgan fingerprint density at radius 3 is 2.24 bits per heavy atom. The smallest absolute Gasteiger partial charge is 0.261 e. The maximum Gasteiger partial charge on any atom is 0.261 e. The van der Waals surface area contributed by atoms with Gasteiger partial charge in [-0.05, 0) is 12.1 Å². The van der Waals surface area contributed by atoms with Crippen molar-refractivity contribution < 1.29 is 51.2 Å². The van der Waals surface area contributed by atoms with Gasteiger partial charge in [-0.25, -0.2) is 31.0 Å². The largest absolute Gasteiger partial charge is 0.394 e. The van der Waals surface area contributed by atoms with Crippen molar-refractivity contribution in [3.8, 4) is 11.3 Å². The third-order valence-corrected chi connectivity index (χ3v) is 5.93. The molecule has 198 valence electrons. The summed E-state index contributed by atoms with van der Waals surface area (Å²) in [5.74, 6) is -14.3. The van der Waals surface area contributed by atoms with Crippen molar-refractivity contribution in [3.05, 3.63) is 70.9 Å². The highest BCUT2D eigenvalue weighted by atomic mass is 19.2. The lowest BCUT2D eigenvalue weighted by Crippen LogP contribution is -2.61. The summed E-state index contributed by atoms with van der Waals surface area (Å²) >= 11 is 0. The van der Waals surface area contributed by atoms with E-state index in [1.807, 2.05) is 0 Å². The number of benzene rings is 2. The molecule has 0 bridgehead atoms. The fraction of sp³-hybridized carbons (Fsp3) is 0.318. The van der Waals surface area contributed by atoms with Crippen LogP contribution in [0.1, 0.15) is 16.4 Å². The predicted octanol–water partition coefficient (Wildman–Crippen LogP) is 1.53. The van der Waals surface area contributed by atoms with Crippen molar-refractivity contribution in [2.45, 2.75) is 30.6 Å². The fourth-order valence-electron chi connectivity index (χ4n) is 4.00. The van der Waals surface area contributed by atoms with Gasteiger partial charge in [-0.2, -0.15) is 0 Å². The molecule has 4 rings (SSSR count). The van der Waals surface area contributed by atoms with Crippen LogP contribution in [0.2, 0.25) is 0 Å². The summed E-state index contributed by atoms with van der Waals surface area (Å²) in [6.07, 6.45) is -5.73. The van der Waals surface area contributed by atoms with E-state index in [4.69, 9.17) is 4.74 Å². The van der Waals surface area contributed by atoms with Gasteiger partial charge in [0.2, 0.25) is 5.82 Å². The SMILES string of the molecule is CN(C(=O)c1c(F)c(F)c(F)c(F)c1F)[C@@H]1O[C@H](CO)[C@H](O)[C@H](n2cc(-c3cccc(F)c3)nn2)[C@H]1O. The van der Waals surface area contributed by atoms with Crippen LogP contribution in [-0.4, -0.2) is 79.3 Å². The van der Waals surface area contributed by atoms with E-state index in [2.05, 4.69) is 10.3 Å². The monoisotopic (exact) mass is 532 g/mol. The summed E-state index contributed by atoms with van der Waals surface area (Å²) in [6.45, 7) is -0.864. The van der Waals surface area contributed by atoms with Crippen LogP contribution in [0, 0.1) is 34.9 Å². The standard InChI is InChI=1S/C22H18F6N4O5/c1-31(21(36)12-13(24)15(26)17(28)16(27)14(12)25)22-20(35)18(19(34)11(7-33)37-22)32-6-10(29-30-32)8-3-2-4-9(23)5-8/h2-6,11,18-20,22,33-35H,7H2,1H3/t11-,18+,19+,20-,22-/m1/s1. The highest BCUT2D eigenvalue weighted by molar-refractivity contribution is 5.95. The van der Waals surface area contributed by atoms with Crippen LogP contribution in [0.5, 0.6) is 0 Å². The minimum absolute atomic E-state index is 0.119. The first-order valence-corrected chi connectivity index (χ1v) is 10.6. The molecule has 1 saturated heterocycles. The number of aromatic nitrogens is 3. The Morgan fingerprint density at radius 1 is 1.03 bits per heavy atom. The number of hydrogen-bond acceptors (Lipinski definition) is 7. The highest BCUT2D eigenvalue weighted by Crippen LogP contribution is 2.33. The van der Waals surface area contributed by atoms with Gasteiger partial charge in [0.05, 0.1) is 12.8 Å². The molecule has 1 aliphatic rings. The summed E-state index contributed by atoms with van der Waals surface area (Å²) in [5.41, 5.74) is -1.39. The Bertz CT molecular complexity index is 1310. The average Bonchev–Trinajstić information content (AvgIpc) is 3.36. The van der Waals surface area contributed by atoms with Crippen molar-refractivity contribution >= 4 is 5.91 Å². The van der Waals surface area contributed by atoms with Crippen molar-refractivity contribution in [2.24, 2.45) is 0 Å². The number of halogens is 6. The van der Waals surface area contributed by atoms with Crippen LogP contribution < -0.4 is 0 Å². The second-order valence-corrected chi connectivity index (χ2v) is 8.17. The van der Waals surface area contributed by atoms with Gasteiger partial charge in [-0.1, -0.05) is 17.3 Å². The zero-order valence-corrected chi connectivity index (χ0v) is 18.7. The number of aliphatic hydroxyl groups is 3. The number of amides is 1.